The molecule has 0 aliphatic carbocycles. The Kier molecular flexibility index (Phi) is 10.1. The lowest BCUT2D eigenvalue weighted by molar-refractivity contribution is -0.139. The lowest BCUT2D eigenvalue weighted by Crippen LogP contribution is -2.56. The number of anilines is 2. The van der Waals surface area contributed by atoms with Gasteiger partial charge in [-0.1, -0.05) is 51.8 Å². The summed E-state index contributed by atoms with van der Waals surface area (Å²) in [5, 5.41) is 9.91. The van der Waals surface area contributed by atoms with Gasteiger partial charge in [0.1, 0.15) is 11.8 Å². The minimum Gasteiger partial charge on any atom is -0.494 e. The molecule has 2 bridgehead atoms. The monoisotopic (exact) mass is 701 g/mol. The van der Waals surface area contributed by atoms with Gasteiger partial charge < -0.3 is 24.5 Å². The van der Waals surface area contributed by atoms with Crippen LogP contribution in [-0.4, -0.2) is 81.4 Å². The molecule has 5 rings (SSSR count). The van der Waals surface area contributed by atoms with Crippen LogP contribution >= 0.6 is 39.3 Å². The number of carbonyl (C=O) groups is 3. The Hall–Kier alpha value is -2.79. The number of nitrogens with zero attached hydrogens (tertiary/aromatic N) is 3. The predicted octanol–water partition coefficient (Wildman–Crippen LogP) is 5.32. The molecule has 3 saturated heterocycles. The quantitative estimate of drug-likeness (QED) is 0.225. The Morgan fingerprint density at radius 3 is 2.45 bits per heavy atom. The van der Waals surface area contributed by atoms with E-state index in [0.29, 0.717) is 41.6 Å². The number of fused-ring (bicyclic) bond motifs is 1. The molecule has 3 fully saturated rings. The average molecular weight is 703 g/mol. The average Bonchev–Trinajstić information content (AvgIpc) is 3.61. The molecule has 3 heterocycles. The van der Waals surface area contributed by atoms with Gasteiger partial charge in [0.05, 0.1) is 33.9 Å². The molecule has 0 radical (unpaired) electrons. The summed E-state index contributed by atoms with van der Waals surface area (Å²) in [5.74, 6) is -1.36. The van der Waals surface area contributed by atoms with Gasteiger partial charge in [0.2, 0.25) is 11.8 Å². The largest absolute Gasteiger partial charge is 0.494 e. The van der Waals surface area contributed by atoms with Gasteiger partial charge in [-0.15, -0.1) is 24.9 Å². The van der Waals surface area contributed by atoms with Crippen LogP contribution in [0.5, 0.6) is 5.75 Å². The van der Waals surface area contributed by atoms with Crippen LogP contribution in [0.3, 0.4) is 0 Å². The molecular weight excluding hydrogens is 666 g/mol. The van der Waals surface area contributed by atoms with Crippen LogP contribution < -0.4 is 14.5 Å². The molecule has 1 N–H and O–H groups in total. The number of aliphatic hydroxyl groups is 1. The van der Waals surface area contributed by atoms with E-state index in [1.54, 1.807) is 56.8 Å². The zero-order chi connectivity index (χ0) is 31.6. The molecule has 2 aromatic rings. The molecule has 3 amide bonds. The van der Waals surface area contributed by atoms with E-state index in [4.69, 9.17) is 16.3 Å². The van der Waals surface area contributed by atoms with Crippen molar-refractivity contribution >= 4 is 68.4 Å². The van der Waals surface area contributed by atoms with Gasteiger partial charge in [-0.2, -0.15) is 0 Å². The van der Waals surface area contributed by atoms with E-state index in [9.17, 15) is 19.5 Å². The van der Waals surface area contributed by atoms with Gasteiger partial charge >= 0.3 is 0 Å². The molecule has 8 nitrogen and oxygen atoms in total. The number of hydrogen-bond acceptors (Lipinski definition) is 6. The second-order valence-electron chi connectivity index (χ2n) is 11.1. The fraction of sp³-hybridized carbons (Fsp3) is 0.424. The van der Waals surface area contributed by atoms with Crippen LogP contribution in [0, 0.1) is 11.8 Å². The summed E-state index contributed by atoms with van der Waals surface area (Å²) in [6, 6.07) is 13.6. The van der Waals surface area contributed by atoms with E-state index < -0.39 is 22.6 Å². The van der Waals surface area contributed by atoms with E-state index in [-0.39, 0.29) is 54.0 Å². The first-order chi connectivity index (χ1) is 21.2. The molecule has 2 aromatic carbocycles. The Labute approximate surface area is 276 Å². The van der Waals surface area contributed by atoms with Gasteiger partial charge in [-0.25, -0.2) is 0 Å². The summed E-state index contributed by atoms with van der Waals surface area (Å²) in [4.78, 5) is 48.4. The number of para-hydroxylation sites is 1. The summed E-state index contributed by atoms with van der Waals surface area (Å²) in [5.41, 5.74) is 1.21. The van der Waals surface area contributed by atoms with Crippen LogP contribution in [0.15, 0.2) is 73.8 Å². The van der Waals surface area contributed by atoms with Gasteiger partial charge in [-0.05, 0) is 56.2 Å². The lowest BCUT2D eigenvalue weighted by Gasteiger charge is -2.38. The van der Waals surface area contributed by atoms with Crippen LogP contribution in [0.2, 0.25) is 5.02 Å². The molecule has 6 atom stereocenters. The van der Waals surface area contributed by atoms with Crippen molar-refractivity contribution in [1.82, 2.24) is 4.90 Å². The number of thioether (sulfide) groups is 1. The number of alkyl halides is 1. The molecule has 3 aliphatic rings. The van der Waals surface area contributed by atoms with E-state index in [1.807, 2.05) is 37.3 Å². The highest BCUT2D eigenvalue weighted by Crippen LogP contribution is 2.68. The first-order valence-corrected chi connectivity index (χ1v) is 17.0. The predicted molar refractivity (Wildman–Crippen MR) is 180 cm³/mol. The third-order valence-electron chi connectivity index (χ3n) is 8.62. The van der Waals surface area contributed by atoms with Crippen molar-refractivity contribution in [3.05, 3.63) is 78.9 Å². The van der Waals surface area contributed by atoms with E-state index in [1.165, 1.54) is 0 Å². The number of likely N-dealkylation sites (tertiary alicyclic amines) is 1. The van der Waals surface area contributed by atoms with Crippen molar-refractivity contribution in [1.29, 1.82) is 0 Å². The van der Waals surface area contributed by atoms with Crippen LogP contribution in [-0.2, 0) is 14.4 Å². The molecule has 3 unspecified atom stereocenters. The summed E-state index contributed by atoms with van der Waals surface area (Å²) in [6.45, 7) is 10.7. The molecule has 0 aromatic heterocycles. The highest BCUT2D eigenvalue weighted by molar-refractivity contribution is 9.09. The zero-order valence-electron chi connectivity index (χ0n) is 24.6. The Morgan fingerprint density at radius 1 is 1.14 bits per heavy atom. The first kappa shape index (κ1) is 32.6. The molecule has 3 aliphatic heterocycles. The summed E-state index contributed by atoms with van der Waals surface area (Å²) in [7, 11) is 0. The second-order valence-corrected chi connectivity index (χ2v) is 14.2. The topological polar surface area (TPSA) is 90.4 Å². The number of aliphatic hydroxyl groups excluding tert-OH is 1. The summed E-state index contributed by atoms with van der Waals surface area (Å²) >= 11 is 12.0. The number of rotatable bonds is 13. The van der Waals surface area contributed by atoms with Crippen LogP contribution in [0.1, 0.15) is 19.8 Å². The maximum Gasteiger partial charge on any atom is 0.251 e. The zero-order valence-corrected chi connectivity index (χ0v) is 27.8. The van der Waals surface area contributed by atoms with Gasteiger partial charge in [0, 0.05) is 42.0 Å². The lowest BCUT2D eigenvalue weighted by atomic mass is 9.70. The van der Waals surface area contributed by atoms with Gasteiger partial charge in [0.15, 0.2) is 0 Å². The fourth-order valence-electron chi connectivity index (χ4n) is 6.95. The maximum atomic E-state index is 14.7. The van der Waals surface area contributed by atoms with Gasteiger partial charge in [0.25, 0.3) is 5.91 Å². The van der Waals surface area contributed by atoms with Crippen LogP contribution in [0.4, 0.5) is 11.4 Å². The fourth-order valence-corrected chi connectivity index (χ4v) is 10.8. The van der Waals surface area contributed by atoms with Crippen molar-refractivity contribution in [2.45, 2.75) is 40.6 Å². The molecular formula is C33H37BrClN3O5S. The van der Waals surface area contributed by atoms with Crippen molar-refractivity contribution < 1.29 is 24.2 Å². The third kappa shape index (κ3) is 5.59. The first-order valence-electron chi connectivity index (χ1n) is 14.8. The normalized spacial score (nSPS) is 26.8. The van der Waals surface area contributed by atoms with Crippen molar-refractivity contribution in [2.75, 3.05) is 42.6 Å². The number of carbonyl (C=O) groups excluding carboxylic acids is 3. The Morgan fingerprint density at radius 2 is 1.82 bits per heavy atom. The maximum absolute atomic E-state index is 14.7. The minimum atomic E-state index is -0.853. The second kappa shape index (κ2) is 13.7. The number of amides is 3. The SMILES string of the molecule is C=CCN(C(=O)[C@H]1[C@@H]2SC3(CC2Br)C(C(=O)N(CC=C)c2ccccc2Cl)N(CCCO)C(=O)[C@H]13)c1ccc(OCC)cc1. The number of hydrogen-bond donors (Lipinski definition) is 1. The van der Waals surface area contributed by atoms with Crippen molar-refractivity contribution in [3.63, 3.8) is 0 Å². The molecule has 234 valence electrons. The van der Waals surface area contributed by atoms with Crippen molar-refractivity contribution in [3.8, 4) is 5.75 Å². The smallest absolute Gasteiger partial charge is 0.251 e. The Balaban J connectivity index is 1.56. The van der Waals surface area contributed by atoms with E-state index in [0.717, 1.165) is 0 Å². The highest BCUT2D eigenvalue weighted by Gasteiger charge is 2.76. The third-order valence-corrected chi connectivity index (χ3v) is 12.2. The van der Waals surface area contributed by atoms with Crippen LogP contribution in [0.25, 0.3) is 0 Å². The molecule has 11 heteroatoms. The molecule has 1 spiro atoms. The summed E-state index contributed by atoms with van der Waals surface area (Å²) in [6.07, 6.45) is 4.16. The Bertz CT molecular complexity index is 1430. The van der Waals surface area contributed by atoms with E-state index in [2.05, 4.69) is 29.1 Å². The highest BCUT2D eigenvalue weighted by atomic mass is 79.9. The minimum absolute atomic E-state index is 0.0855. The van der Waals surface area contributed by atoms with Crippen molar-refractivity contribution in [2.24, 2.45) is 11.8 Å². The van der Waals surface area contributed by atoms with Gasteiger partial charge in [-0.3, -0.25) is 14.4 Å². The molecule has 44 heavy (non-hydrogen) atoms. The summed E-state index contributed by atoms with van der Waals surface area (Å²) < 4.78 is 4.74. The number of ether oxygens (including phenoxy) is 1. The number of benzene rings is 2. The van der Waals surface area contributed by atoms with E-state index >= 15 is 0 Å². The number of halogens is 2. The standard InChI is InChI=1S/C33H37BrClN3O5S/c1-4-16-36(21-12-14-22(15-13-21)43-6-3)30(40)26-27-31(41)38(18-9-19-39)29(33(27)20-23(34)28(26)44-33)32(42)37(17-5-2)25-11-8-7-10-24(25)35/h4-5,7-8,10-15,23,26-29,39H,1-2,6,9,16-20H2,3H3/t23?,26-,27+,28-,29?,33?/m1/s1. The molecule has 0 saturated carbocycles.